The number of carbonyl (C=O) groups is 1. The number of nitrogens with zero attached hydrogens (tertiary/aromatic N) is 4. The van der Waals surface area contributed by atoms with E-state index in [1.54, 1.807) is 28.7 Å². The summed E-state index contributed by atoms with van der Waals surface area (Å²) < 4.78 is 2.96. The minimum atomic E-state index is -0.184. The number of para-hydroxylation sites is 1. The van der Waals surface area contributed by atoms with Crippen LogP contribution < -0.4 is 5.32 Å². The maximum Gasteiger partial charge on any atom is 0.276 e. The molecule has 8 heteroatoms. The lowest BCUT2D eigenvalue weighted by Gasteiger charge is -2.27. The van der Waals surface area contributed by atoms with Gasteiger partial charge in [0.1, 0.15) is 10.0 Å². The number of thiophene rings is 1. The van der Waals surface area contributed by atoms with E-state index in [4.69, 9.17) is 4.98 Å². The number of nitrogens with one attached hydrogen (secondary N) is 1. The molecule has 0 saturated heterocycles. The van der Waals surface area contributed by atoms with Gasteiger partial charge in [0.25, 0.3) is 5.91 Å². The van der Waals surface area contributed by atoms with Gasteiger partial charge in [0.2, 0.25) is 0 Å². The van der Waals surface area contributed by atoms with Crippen molar-refractivity contribution < 1.29 is 4.79 Å². The molecule has 3 aromatic heterocycles. The van der Waals surface area contributed by atoms with Gasteiger partial charge in [-0.1, -0.05) is 42.5 Å². The van der Waals surface area contributed by atoms with Crippen molar-refractivity contribution >= 4 is 43.8 Å². The zero-order valence-electron chi connectivity index (χ0n) is 20.3. The molecular weight excluding hydrogens is 486 g/mol. The van der Waals surface area contributed by atoms with Crippen LogP contribution in [0.4, 0.5) is 5.00 Å². The Balaban J connectivity index is 1.35. The van der Waals surface area contributed by atoms with E-state index in [9.17, 15) is 4.79 Å². The van der Waals surface area contributed by atoms with Crippen molar-refractivity contribution in [2.75, 3.05) is 11.9 Å². The fourth-order valence-electron chi connectivity index (χ4n) is 4.64. The second-order valence-electron chi connectivity index (χ2n) is 9.37. The monoisotopic (exact) mass is 513 g/mol. The number of aromatic nitrogens is 3. The van der Waals surface area contributed by atoms with Gasteiger partial charge in [0, 0.05) is 42.3 Å². The van der Waals surface area contributed by atoms with Crippen LogP contribution in [0.2, 0.25) is 0 Å². The van der Waals surface area contributed by atoms with E-state index >= 15 is 0 Å². The molecule has 4 heterocycles. The first-order valence-electron chi connectivity index (χ1n) is 12.2. The number of rotatable bonds is 6. The van der Waals surface area contributed by atoms with Gasteiger partial charge in [-0.2, -0.15) is 5.10 Å². The summed E-state index contributed by atoms with van der Waals surface area (Å²) in [5, 5.41) is 9.50. The molecule has 2 aromatic carbocycles. The zero-order valence-corrected chi connectivity index (χ0v) is 21.9. The summed E-state index contributed by atoms with van der Waals surface area (Å²) in [5.74, 6) is -0.184. The van der Waals surface area contributed by atoms with E-state index in [0.717, 1.165) is 51.8 Å². The summed E-state index contributed by atoms with van der Waals surface area (Å²) in [6.07, 6.45) is 2.79. The summed E-state index contributed by atoms with van der Waals surface area (Å²) in [6, 6.07) is 20.8. The van der Waals surface area contributed by atoms with Crippen LogP contribution in [-0.4, -0.2) is 32.1 Å². The highest BCUT2D eigenvalue weighted by Crippen LogP contribution is 2.46. The highest BCUT2D eigenvalue weighted by molar-refractivity contribution is 7.23. The minimum Gasteiger partial charge on any atom is -0.312 e. The van der Waals surface area contributed by atoms with E-state index in [1.807, 2.05) is 29.1 Å². The average Bonchev–Trinajstić information content (AvgIpc) is 3.61. The minimum absolute atomic E-state index is 0.184. The van der Waals surface area contributed by atoms with Crippen molar-refractivity contribution in [1.82, 2.24) is 19.7 Å². The Hall–Kier alpha value is -3.33. The van der Waals surface area contributed by atoms with Crippen LogP contribution in [-0.2, 0) is 19.5 Å². The molecule has 0 saturated carbocycles. The van der Waals surface area contributed by atoms with Gasteiger partial charge in [-0.25, -0.2) is 4.98 Å². The fourth-order valence-corrected chi connectivity index (χ4v) is 7.04. The second-order valence-corrected chi connectivity index (χ2v) is 11.5. The number of carbonyl (C=O) groups excluding carboxylic acids is 1. The first kappa shape index (κ1) is 23.1. The third-order valence-electron chi connectivity index (χ3n) is 6.49. The van der Waals surface area contributed by atoms with Crippen LogP contribution in [0, 0.1) is 0 Å². The molecule has 1 N–H and O–H groups in total. The predicted octanol–water partition coefficient (Wildman–Crippen LogP) is 6.61. The maximum atomic E-state index is 13.2. The standard InChI is InChI=1S/C28H27N5OS2/c1-18(2)33-15-13-22(31-33)26(34)30-28-25(27-29-21-10-6-7-11-23(21)35-27)20-12-14-32(17-24(20)36-28)16-19-8-4-3-5-9-19/h3-11,13,15,18H,12,14,16-17H2,1-2H3,(H,30,34). The number of anilines is 1. The molecule has 36 heavy (non-hydrogen) atoms. The van der Waals surface area contributed by atoms with Gasteiger partial charge in [-0.15, -0.1) is 22.7 Å². The van der Waals surface area contributed by atoms with Crippen LogP contribution in [0.5, 0.6) is 0 Å². The van der Waals surface area contributed by atoms with Crippen molar-refractivity contribution in [2.45, 2.75) is 39.4 Å². The Morgan fingerprint density at radius 2 is 1.86 bits per heavy atom. The van der Waals surface area contributed by atoms with Gasteiger partial charge < -0.3 is 5.32 Å². The van der Waals surface area contributed by atoms with Crippen molar-refractivity contribution in [3.63, 3.8) is 0 Å². The summed E-state index contributed by atoms with van der Waals surface area (Å²) in [7, 11) is 0. The Bertz CT molecular complexity index is 1500. The van der Waals surface area contributed by atoms with Crippen LogP contribution in [0.1, 0.15) is 46.4 Å². The van der Waals surface area contributed by atoms with Crippen molar-refractivity contribution in [2.24, 2.45) is 0 Å². The van der Waals surface area contributed by atoms with Gasteiger partial charge >= 0.3 is 0 Å². The highest BCUT2D eigenvalue weighted by Gasteiger charge is 2.28. The molecule has 0 spiro atoms. The Morgan fingerprint density at radius 3 is 2.64 bits per heavy atom. The van der Waals surface area contributed by atoms with Gasteiger partial charge in [-0.05, 0) is 49.6 Å². The molecule has 6 rings (SSSR count). The number of amides is 1. The molecular formula is C28H27N5OS2. The molecule has 1 amide bonds. The van der Waals surface area contributed by atoms with E-state index in [0.29, 0.717) is 5.69 Å². The third-order valence-corrected chi connectivity index (χ3v) is 8.68. The van der Waals surface area contributed by atoms with E-state index < -0.39 is 0 Å². The summed E-state index contributed by atoms with van der Waals surface area (Å²) >= 11 is 3.36. The first-order chi connectivity index (χ1) is 17.5. The molecule has 0 unspecified atom stereocenters. The highest BCUT2D eigenvalue weighted by atomic mass is 32.1. The number of hydrogen-bond donors (Lipinski definition) is 1. The van der Waals surface area contributed by atoms with E-state index in [1.165, 1.54) is 16.0 Å². The quantitative estimate of drug-likeness (QED) is 0.277. The molecule has 0 atom stereocenters. The number of benzene rings is 2. The van der Waals surface area contributed by atoms with Crippen molar-refractivity contribution in [3.8, 4) is 10.6 Å². The lowest BCUT2D eigenvalue weighted by Crippen LogP contribution is -2.29. The molecule has 0 fully saturated rings. The Morgan fingerprint density at radius 1 is 1.06 bits per heavy atom. The number of thiazole rings is 1. The van der Waals surface area contributed by atoms with Crippen LogP contribution in [0.25, 0.3) is 20.8 Å². The summed E-state index contributed by atoms with van der Waals surface area (Å²) in [6.45, 7) is 6.86. The maximum absolute atomic E-state index is 13.2. The molecule has 1 aliphatic heterocycles. The van der Waals surface area contributed by atoms with Crippen LogP contribution in [0.15, 0.2) is 66.9 Å². The Labute approximate surface area is 218 Å². The fraction of sp³-hybridized carbons (Fsp3) is 0.250. The number of hydrogen-bond acceptors (Lipinski definition) is 6. The number of fused-ring (bicyclic) bond motifs is 2. The molecule has 5 aromatic rings. The van der Waals surface area contributed by atoms with Gasteiger partial charge in [0.05, 0.1) is 10.2 Å². The predicted molar refractivity (Wildman–Crippen MR) is 148 cm³/mol. The normalized spacial score (nSPS) is 13.9. The zero-order chi connectivity index (χ0) is 24.6. The van der Waals surface area contributed by atoms with Crippen LogP contribution >= 0.6 is 22.7 Å². The lowest BCUT2D eigenvalue weighted by atomic mass is 10.0. The van der Waals surface area contributed by atoms with Crippen molar-refractivity contribution in [1.29, 1.82) is 0 Å². The Kier molecular flexibility index (Phi) is 6.17. The molecule has 0 radical (unpaired) electrons. The molecule has 6 nitrogen and oxygen atoms in total. The second kappa shape index (κ2) is 9.61. The lowest BCUT2D eigenvalue weighted by molar-refractivity contribution is 0.102. The third kappa shape index (κ3) is 4.48. The molecule has 0 bridgehead atoms. The SMILES string of the molecule is CC(C)n1ccc(C(=O)Nc2sc3c(c2-c2nc4ccccc4s2)CCN(Cc2ccccc2)C3)n1. The molecule has 1 aliphatic rings. The van der Waals surface area contributed by atoms with Crippen molar-refractivity contribution in [3.05, 3.63) is 88.6 Å². The largest absolute Gasteiger partial charge is 0.312 e. The topological polar surface area (TPSA) is 63.1 Å². The van der Waals surface area contributed by atoms with Crippen LogP contribution in [0.3, 0.4) is 0 Å². The molecule has 182 valence electrons. The first-order valence-corrected chi connectivity index (χ1v) is 13.8. The summed E-state index contributed by atoms with van der Waals surface area (Å²) in [4.78, 5) is 22.0. The van der Waals surface area contributed by atoms with Gasteiger partial charge in [-0.3, -0.25) is 14.4 Å². The molecule has 0 aliphatic carbocycles. The smallest absolute Gasteiger partial charge is 0.276 e. The van der Waals surface area contributed by atoms with E-state index in [2.05, 4.69) is 65.6 Å². The summed E-state index contributed by atoms with van der Waals surface area (Å²) in [5.41, 5.74) is 5.12. The van der Waals surface area contributed by atoms with E-state index in [-0.39, 0.29) is 11.9 Å². The van der Waals surface area contributed by atoms with Gasteiger partial charge in [0.15, 0.2) is 5.69 Å². The average molecular weight is 514 g/mol.